The van der Waals surface area contributed by atoms with Crippen molar-refractivity contribution in [3.63, 3.8) is 0 Å². The van der Waals surface area contributed by atoms with Gasteiger partial charge in [0.2, 0.25) is 0 Å². The maximum atomic E-state index is 11.5. The predicted molar refractivity (Wildman–Crippen MR) is 47.0 cm³/mol. The average Bonchev–Trinajstić information content (AvgIpc) is 2.04. The standard InChI is InChI=1S/C7H15NO2S/c1-4-7(9)8-11(10,5-2)6-3/h4-6H2,1-3H3. The summed E-state index contributed by atoms with van der Waals surface area (Å²) in [5.74, 6) is 0.684. The lowest BCUT2D eigenvalue weighted by Crippen LogP contribution is -2.08. The van der Waals surface area contributed by atoms with Crippen molar-refractivity contribution in [3.8, 4) is 0 Å². The van der Waals surface area contributed by atoms with Crippen molar-refractivity contribution in [2.24, 2.45) is 4.36 Å². The quantitative estimate of drug-likeness (QED) is 0.654. The van der Waals surface area contributed by atoms with Crippen molar-refractivity contribution < 1.29 is 9.00 Å². The van der Waals surface area contributed by atoms with Crippen LogP contribution in [0.2, 0.25) is 0 Å². The molecule has 0 saturated heterocycles. The van der Waals surface area contributed by atoms with Gasteiger partial charge in [0.05, 0.1) is 9.73 Å². The van der Waals surface area contributed by atoms with Gasteiger partial charge in [0.1, 0.15) is 0 Å². The van der Waals surface area contributed by atoms with Gasteiger partial charge in [-0.2, -0.15) is 4.36 Å². The van der Waals surface area contributed by atoms with Crippen LogP contribution in [0.3, 0.4) is 0 Å². The molecule has 0 bridgehead atoms. The fraction of sp³-hybridized carbons (Fsp3) is 0.857. The zero-order chi connectivity index (χ0) is 8.91. The smallest absolute Gasteiger partial charge is 0.253 e. The Morgan fingerprint density at radius 1 is 1.27 bits per heavy atom. The highest BCUT2D eigenvalue weighted by atomic mass is 32.2. The summed E-state index contributed by atoms with van der Waals surface area (Å²) in [6, 6.07) is 0. The zero-order valence-electron chi connectivity index (χ0n) is 7.29. The van der Waals surface area contributed by atoms with E-state index in [1.54, 1.807) is 20.8 Å². The van der Waals surface area contributed by atoms with Crippen molar-refractivity contribution in [1.29, 1.82) is 0 Å². The van der Waals surface area contributed by atoms with Crippen molar-refractivity contribution in [2.45, 2.75) is 27.2 Å². The molecule has 0 aromatic carbocycles. The van der Waals surface area contributed by atoms with Crippen LogP contribution in [0.25, 0.3) is 0 Å². The van der Waals surface area contributed by atoms with E-state index in [4.69, 9.17) is 0 Å². The van der Waals surface area contributed by atoms with Crippen molar-refractivity contribution in [2.75, 3.05) is 11.5 Å². The summed E-state index contributed by atoms with van der Waals surface area (Å²) in [4.78, 5) is 10.8. The van der Waals surface area contributed by atoms with Crippen LogP contribution < -0.4 is 0 Å². The number of rotatable bonds is 3. The van der Waals surface area contributed by atoms with Gasteiger partial charge in [-0.05, 0) is 0 Å². The maximum absolute atomic E-state index is 11.5. The first-order valence-electron chi connectivity index (χ1n) is 3.83. The third kappa shape index (κ3) is 3.51. The Morgan fingerprint density at radius 2 is 1.73 bits per heavy atom. The van der Waals surface area contributed by atoms with E-state index in [1.807, 2.05) is 0 Å². The van der Waals surface area contributed by atoms with Gasteiger partial charge in [0.15, 0.2) is 0 Å². The number of nitrogens with zero attached hydrogens (tertiary/aromatic N) is 1. The Hall–Kier alpha value is -0.380. The number of hydrogen-bond donors (Lipinski definition) is 0. The first kappa shape index (κ1) is 10.6. The van der Waals surface area contributed by atoms with Gasteiger partial charge in [-0.1, -0.05) is 20.8 Å². The van der Waals surface area contributed by atoms with Crippen molar-refractivity contribution in [3.05, 3.63) is 0 Å². The van der Waals surface area contributed by atoms with Gasteiger partial charge >= 0.3 is 0 Å². The molecule has 0 rings (SSSR count). The summed E-state index contributed by atoms with van der Waals surface area (Å²) >= 11 is 0. The molecule has 0 unspecified atom stereocenters. The lowest BCUT2D eigenvalue weighted by Gasteiger charge is -2.00. The van der Waals surface area contributed by atoms with E-state index in [-0.39, 0.29) is 5.91 Å². The van der Waals surface area contributed by atoms with Gasteiger partial charge in [-0.25, -0.2) is 4.21 Å². The van der Waals surface area contributed by atoms with E-state index < -0.39 is 9.73 Å². The van der Waals surface area contributed by atoms with Crippen LogP contribution in [-0.4, -0.2) is 21.6 Å². The second kappa shape index (κ2) is 4.49. The third-order valence-corrected chi connectivity index (χ3v) is 3.81. The minimum atomic E-state index is -2.20. The number of amides is 1. The topological polar surface area (TPSA) is 46.5 Å². The summed E-state index contributed by atoms with van der Waals surface area (Å²) in [6.45, 7) is 5.30. The van der Waals surface area contributed by atoms with E-state index in [0.717, 1.165) is 0 Å². The van der Waals surface area contributed by atoms with Crippen LogP contribution in [0.4, 0.5) is 0 Å². The highest BCUT2D eigenvalue weighted by Gasteiger charge is 2.04. The molecule has 0 aliphatic heterocycles. The van der Waals surface area contributed by atoms with E-state index in [1.165, 1.54) is 0 Å². The Labute approximate surface area is 68.4 Å². The van der Waals surface area contributed by atoms with Gasteiger partial charge in [0.25, 0.3) is 5.91 Å². The highest BCUT2D eigenvalue weighted by molar-refractivity contribution is 7.93. The minimum Gasteiger partial charge on any atom is -0.272 e. The summed E-state index contributed by atoms with van der Waals surface area (Å²) < 4.78 is 15.2. The number of carbonyl (C=O) groups excluding carboxylic acids is 1. The SMILES string of the molecule is CCC(=O)N=S(=O)(CC)CC. The fourth-order valence-electron chi connectivity index (χ4n) is 0.583. The first-order chi connectivity index (χ1) is 5.08. The first-order valence-corrected chi connectivity index (χ1v) is 5.68. The summed E-state index contributed by atoms with van der Waals surface area (Å²) in [6.07, 6.45) is 0.344. The van der Waals surface area contributed by atoms with Crippen molar-refractivity contribution in [1.82, 2.24) is 0 Å². The normalized spacial score (nSPS) is 11.2. The highest BCUT2D eigenvalue weighted by Crippen LogP contribution is 1.97. The molecule has 0 aliphatic carbocycles. The third-order valence-electron chi connectivity index (χ3n) is 1.47. The molecule has 0 saturated carbocycles. The maximum Gasteiger partial charge on any atom is 0.253 e. The molecule has 0 N–H and O–H groups in total. The monoisotopic (exact) mass is 177 g/mol. The van der Waals surface area contributed by atoms with Crippen LogP contribution in [-0.2, 0) is 14.5 Å². The number of hydrogen-bond acceptors (Lipinski definition) is 2. The Balaban J connectivity index is 4.62. The number of carbonyl (C=O) groups is 1. The van der Waals surface area contributed by atoms with E-state index in [9.17, 15) is 9.00 Å². The lowest BCUT2D eigenvalue weighted by molar-refractivity contribution is -0.117. The van der Waals surface area contributed by atoms with E-state index in [0.29, 0.717) is 17.9 Å². The predicted octanol–water partition coefficient (Wildman–Crippen LogP) is 1.43. The molecule has 1 amide bonds. The van der Waals surface area contributed by atoms with Crippen LogP contribution >= 0.6 is 0 Å². The molecule has 3 nitrogen and oxygen atoms in total. The molecular weight excluding hydrogens is 162 g/mol. The Kier molecular flexibility index (Phi) is 4.33. The molecular formula is C7H15NO2S. The largest absolute Gasteiger partial charge is 0.272 e. The van der Waals surface area contributed by atoms with Gasteiger partial charge in [-0.15, -0.1) is 0 Å². The zero-order valence-corrected chi connectivity index (χ0v) is 8.11. The lowest BCUT2D eigenvalue weighted by atomic mass is 10.5. The molecule has 0 radical (unpaired) electrons. The molecule has 0 spiro atoms. The molecule has 11 heavy (non-hydrogen) atoms. The molecule has 0 aliphatic rings. The average molecular weight is 177 g/mol. The van der Waals surface area contributed by atoms with Gasteiger partial charge < -0.3 is 0 Å². The summed E-state index contributed by atoms with van der Waals surface area (Å²) in [5.41, 5.74) is 0. The second-order valence-electron chi connectivity index (χ2n) is 2.19. The molecule has 0 heterocycles. The van der Waals surface area contributed by atoms with E-state index in [2.05, 4.69) is 4.36 Å². The summed E-state index contributed by atoms with van der Waals surface area (Å²) in [5, 5.41) is 0. The van der Waals surface area contributed by atoms with E-state index >= 15 is 0 Å². The Morgan fingerprint density at radius 3 is 2.00 bits per heavy atom. The molecule has 0 fully saturated rings. The molecule has 66 valence electrons. The van der Waals surface area contributed by atoms with Crippen LogP contribution in [0.5, 0.6) is 0 Å². The van der Waals surface area contributed by atoms with Gasteiger partial charge in [0, 0.05) is 17.9 Å². The van der Waals surface area contributed by atoms with Crippen molar-refractivity contribution >= 4 is 15.6 Å². The Bertz CT molecular complexity index is 229. The fourth-order valence-corrected chi connectivity index (χ4v) is 1.75. The molecule has 4 heteroatoms. The minimum absolute atomic E-state index is 0.251. The molecule has 0 aromatic heterocycles. The van der Waals surface area contributed by atoms with Crippen LogP contribution in [0.15, 0.2) is 4.36 Å². The summed E-state index contributed by atoms with van der Waals surface area (Å²) in [7, 11) is -2.20. The van der Waals surface area contributed by atoms with Crippen LogP contribution in [0, 0.1) is 0 Å². The van der Waals surface area contributed by atoms with Gasteiger partial charge in [-0.3, -0.25) is 4.79 Å². The second-order valence-corrected chi connectivity index (χ2v) is 5.07. The van der Waals surface area contributed by atoms with Crippen LogP contribution in [0.1, 0.15) is 27.2 Å². The molecule has 0 atom stereocenters. The molecule has 0 aromatic rings.